The number of halogens is 1. The summed E-state index contributed by atoms with van der Waals surface area (Å²) < 4.78 is 53.5. The molecule has 0 heterocycles. The molecule has 0 atom stereocenters. The fourth-order valence-electron chi connectivity index (χ4n) is 3.34. The van der Waals surface area contributed by atoms with Gasteiger partial charge in [0.2, 0.25) is 15.9 Å². The highest BCUT2D eigenvalue weighted by molar-refractivity contribution is 7.92. The summed E-state index contributed by atoms with van der Waals surface area (Å²) in [4.78, 5) is 12.7. The van der Waals surface area contributed by atoms with Crippen molar-refractivity contribution in [2.45, 2.75) is 18.7 Å². The van der Waals surface area contributed by atoms with Gasteiger partial charge < -0.3 is 5.32 Å². The molecule has 2 N–H and O–H groups in total. The third-order valence-electron chi connectivity index (χ3n) is 4.92. The Kier molecular flexibility index (Phi) is 7.54. The van der Waals surface area contributed by atoms with Crippen LogP contribution in [-0.4, -0.2) is 35.5 Å². The molecule has 0 spiro atoms. The Morgan fingerprint density at radius 1 is 0.853 bits per heavy atom. The van der Waals surface area contributed by atoms with Crippen molar-refractivity contribution in [3.05, 3.63) is 82.9 Å². The van der Waals surface area contributed by atoms with Crippen LogP contribution >= 0.6 is 11.6 Å². The number of rotatable bonds is 8. The second kappa shape index (κ2) is 10.0. The van der Waals surface area contributed by atoms with Gasteiger partial charge in [-0.25, -0.2) is 16.8 Å². The fourth-order valence-corrected chi connectivity index (χ4v) is 5.50. The highest BCUT2D eigenvalue weighted by atomic mass is 35.5. The van der Waals surface area contributed by atoms with E-state index < -0.39 is 32.5 Å². The van der Waals surface area contributed by atoms with Gasteiger partial charge in [-0.05, 0) is 73.5 Å². The first-order chi connectivity index (χ1) is 15.9. The van der Waals surface area contributed by atoms with Crippen molar-refractivity contribution in [1.29, 1.82) is 0 Å². The number of nitrogens with one attached hydrogen (secondary N) is 2. The summed E-state index contributed by atoms with van der Waals surface area (Å²) in [5.74, 6) is -0.567. The summed E-state index contributed by atoms with van der Waals surface area (Å²) in [7, 11) is -7.58. The summed E-state index contributed by atoms with van der Waals surface area (Å²) >= 11 is 5.82. The van der Waals surface area contributed by atoms with Gasteiger partial charge >= 0.3 is 0 Å². The Morgan fingerprint density at radius 3 is 1.91 bits per heavy atom. The molecule has 0 aliphatic carbocycles. The standard InChI is InChI=1S/C23H24ClN3O5S2/c1-16-5-4-6-17(2)23(16)27(33(3,29)30)15-22(28)25-19-11-13-21(14-12-19)34(31,32)26-20-9-7-18(24)8-10-20/h4-14,26H,15H2,1-3H3,(H,25,28). The molecule has 8 nitrogen and oxygen atoms in total. The van der Waals surface area contributed by atoms with Crippen molar-refractivity contribution in [3.8, 4) is 0 Å². The molecular weight excluding hydrogens is 498 g/mol. The summed E-state index contributed by atoms with van der Waals surface area (Å²) in [6.07, 6.45) is 1.04. The predicted molar refractivity (Wildman–Crippen MR) is 135 cm³/mol. The molecular formula is C23H24ClN3O5S2. The van der Waals surface area contributed by atoms with E-state index in [1.807, 2.05) is 6.07 Å². The molecule has 3 rings (SSSR count). The largest absolute Gasteiger partial charge is 0.325 e. The lowest BCUT2D eigenvalue weighted by atomic mass is 10.1. The van der Waals surface area contributed by atoms with E-state index in [1.54, 1.807) is 38.1 Å². The van der Waals surface area contributed by atoms with Gasteiger partial charge in [0, 0.05) is 16.4 Å². The lowest BCUT2D eigenvalue weighted by Gasteiger charge is -2.25. The van der Waals surface area contributed by atoms with Crippen LogP contribution in [0.4, 0.5) is 17.1 Å². The van der Waals surface area contributed by atoms with Crippen LogP contribution in [0.5, 0.6) is 0 Å². The molecule has 0 aromatic heterocycles. The second-order valence-corrected chi connectivity index (χ2v) is 11.7. The lowest BCUT2D eigenvalue weighted by Crippen LogP contribution is -2.38. The number of hydrogen-bond donors (Lipinski definition) is 2. The van der Waals surface area contributed by atoms with Gasteiger partial charge in [0.15, 0.2) is 0 Å². The Balaban J connectivity index is 1.74. The first kappa shape index (κ1) is 25.5. The molecule has 0 saturated heterocycles. The number of benzene rings is 3. The van der Waals surface area contributed by atoms with Crippen molar-refractivity contribution in [1.82, 2.24) is 0 Å². The Bertz CT molecular complexity index is 1390. The number of carbonyl (C=O) groups is 1. The van der Waals surface area contributed by atoms with E-state index in [4.69, 9.17) is 11.6 Å². The van der Waals surface area contributed by atoms with Crippen LogP contribution in [0, 0.1) is 13.8 Å². The number of sulfonamides is 2. The first-order valence-electron chi connectivity index (χ1n) is 10.1. The summed E-state index contributed by atoms with van der Waals surface area (Å²) in [5, 5.41) is 3.09. The molecule has 0 aliphatic rings. The van der Waals surface area contributed by atoms with Crippen LogP contribution in [0.3, 0.4) is 0 Å². The molecule has 11 heteroatoms. The maximum Gasteiger partial charge on any atom is 0.261 e. The average molecular weight is 522 g/mol. The Labute approximate surface area is 204 Å². The molecule has 0 aliphatic heterocycles. The molecule has 0 bridgehead atoms. The molecule has 0 saturated carbocycles. The molecule has 0 fully saturated rings. The molecule has 0 radical (unpaired) electrons. The number of anilines is 3. The zero-order valence-electron chi connectivity index (χ0n) is 18.7. The maximum atomic E-state index is 12.7. The number of para-hydroxylation sites is 1. The Hall–Kier alpha value is -3.08. The number of hydrogen-bond acceptors (Lipinski definition) is 5. The van der Waals surface area contributed by atoms with Crippen LogP contribution in [0.15, 0.2) is 71.6 Å². The number of aryl methyl sites for hydroxylation is 2. The van der Waals surface area contributed by atoms with Crippen molar-refractivity contribution < 1.29 is 21.6 Å². The summed E-state index contributed by atoms with van der Waals surface area (Å²) in [5.41, 5.74) is 2.58. The highest BCUT2D eigenvalue weighted by Crippen LogP contribution is 2.27. The zero-order chi connectivity index (χ0) is 25.1. The van der Waals surface area contributed by atoms with E-state index >= 15 is 0 Å². The zero-order valence-corrected chi connectivity index (χ0v) is 21.1. The third-order valence-corrected chi connectivity index (χ3v) is 7.68. The predicted octanol–water partition coefficient (Wildman–Crippen LogP) is 4.16. The minimum atomic E-state index is -3.85. The third kappa shape index (κ3) is 6.28. The molecule has 180 valence electrons. The number of nitrogens with zero attached hydrogens (tertiary/aromatic N) is 1. The van der Waals surface area contributed by atoms with Crippen molar-refractivity contribution >= 4 is 54.6 Å². The van der Waals surface area contributed by atoms with Crippen molar-refractivity contribution in [2.24, 2.45) is 0 Å². The summed E-state index contributed by atoms with van der Waals surface area (Å²) in [6.45, 7) is 3.12. The van der Waals surface area contributed by atoms with E-state index in [9.17, 15) is 21.6 Å². The molecule has 3 aromatic carbocycles. The van der Waals surface area contributed by atoms with Gasteiger partial charge in [-0.2, -0.15) is 0 Å². The van der Waals surface area contributed by atoms with Gasteiger partial charge in [-0.15, -0.1) is 0 Å². The van der Waals surface area contributed by atoms with Crippen LogP contribution in [0.2, 0.25) is 5.02 Å². The number of amides is 1. The summed E-state index contributed by atoms with van der Waals surface area (Å²) in [6, 6.07) is 17.1. The van der Waals surface area contributed by atoms with E-state index in [0.717, 1.165) is 21.7 Å². The van der Waals surface area contributed by atoms with Crippen molar-refractivity contribution in [3.63, 3.8) is 0 Å². The minimum Gasteiger partial charge on any atom is -0.325 e. The van der Waals surface area contributed by atoms with Crippen LogP contribution < -0.4 is 14.3 Å². The Morgan fingerprint density at radius 2 is 1.38 bits per heavy atom. The molecule has 1 amide bonds. The van der Waals surface area contributed by atoms with Gasteiger partial charge in [-0.1, -0.05) is 29.8 Å². The van der Waals surface area contributed by atoms with E-state index in [-0.39, 0.29) is 4.90 Å². The lowest BCUT2D eigenvalue weighted by molar-refractivity contribution is -0.114. The molecule has 0 unspecified atom stereocenters. The highest BCUT2D eigenvalue weighted by Gasteiger charge is 2.24. The quantitative estimate of drug-likeness (QED) is 0.462. The van der Waals surface area contributed by atoms with Gasteiger partial charge in [0.05, 0.1) is 16.8 Å². The normalized spacial score (nSPS) is 11.6. The fraction of sp³-hybridized carbons (Fsp3) is 0.174. The van der Waals surface area contributed by atoms with Crippen LogP contribution in [0.1, 0.15) is 11.1 Å². The van der Waals surface area contributed by atoms with E-state index in [0.29, 0.717) is 22.1 Å². The van der Waals surface area contributed by atoms with E-state index in [1.165, 1.54) is 36.4 Å². The second-order valence-electron chi connectivity index (χ2n) is 7.69. The van der Waals surface area contributed by atoms with Crippen LogP contribution in [0.25, 0.3) is 0 Å². The molecule has 34 heavy (non-hydrogen) atoms. The van der Waals surface area contributed by atoms with Crippen molar-refractivity contribution in [2.75, 3.05) is 27.1 Å². The molecule has 3 aromatic rings. The average Bonchev–Trinajstić information content (AvgIpc) is 2.74. The topological polar surface area (TPSA) is 113 Å². The number of carbonyl (C=O) groups excluding carboxylic acids is 1. The SMILES string of the molecule is Cc1cccc(C)c1N(CC(=O)Nc1ccc(S(=O)(=O)Nc2ccc(Cl)cc2)cc1)S(C)(=O)=O. The van der Waals surface area contributed by atoms with Crippen LogP contribution in [-0.2, 0) is 24.8 Å². The first-order valence-corrected chi connectivity index (χ1v) is 13.8. The smallest absolute Gasteiger partial charge is 0.261 e. The van der Waals surface area contributed by atoms with Gasteiger partial charge in [0.1, 0.15) is 6.54 Å². The van der Waals surface area contributed by atoms with Gasteiger partial charge in [-0.3, -0.25) is 13.8 Å². The minimum absolute atomic E-state index is 0.00579. The van der Waals surface area contributed by atoms with Gasteiger partial charge in [0.25, 0.3) is 10.0 Å². The monoisotopic (exact) mass is 521 g/mol. The maximum absolute atomic E-state index is 12.7. The van der Waals surface area contributed by atoms with E-state index in [2.05, 4.69) is 10.0 Å².